The molecule has 0 radical (unpaired) electrons. The van der Waals surface area contributed by atoms with Crippen LogP contribution in [-0.2, 0) is 0 Å². The summed E-state index contributed by atoms with van der Waals surface area (Å²) in [5.41, 5.74) is 7.29. The highest BCUT2D eigenvalue weighted by atomic mass is 14.9. The van der Waals surface area contributed by atoms with Crippen LogP contribution in [-0.4, -0.2) is 15.0 Å². The molecule has 122 valence electrons. The Kier molecular flexibility index (Phi) is 3.77. The molecule has 0 saturated heterocycles. The summed E-state index contributed by atoms with van der Waals surface area (Å²) in [6.45, 7) is 6.24. The minimum Gasteiger partial charge on any atom is -0.250 e. The maximum atomic E-state index is 4.88. The highest BCUT2D eigenvalue weighted by molar-refractivity contribution is 5.93. The summed E-state index contributed by atoms with van der Waals surface area (Å²) in [7, 11) is 0. The fourth-order valence-corrected chi connectivity index (χ4v) is 2.97. The first-order valence-electron chi connectivity index (χ1n) is 8.40. The van der Waals surface area contributed by atoms with Crippen molar-refractivity contribution in [3.63, 3.8) is 0 Å². The van der Waals surface area contributed by atoms with Gasteiger partial charge in [-0.25, -0.2) is 15.0 Å². The van der Waals surface area contributed by atoms with Crippen molar-refractivity contribution in [3.05, 3.63) is 77.5 Å². The highest BCUT2D eigenvalue weighted by Crippen LogP contribution is 2.29. The van der Waals surface area contributed by atoms with Crippen molar-refractivity contribution in [3.8, 4) is 22.8 Å². The van der Waals surface area contributed by atoms with Crippen LogP contribution in [0.15, 0.2) is 60.7 Å². The van der Waals surface area contributed by atoms with Crippen molar-refractivity contribution in [1.82, 2.24) is 15.0 Å². The van der Waals surface area contributed by atoms with Crippen LogP contribution in [0.2, 0.25) is 0 Å². The third-order valence-corrected chi connectivity index (χ3v) is 4.50. The Morgan fingerprint density at radius 2 is 1.52 bits per heavy atom. The van der Waals surface area contributed by atoms with Gasteiger partial charge in [0.05, 0.1) is 11.2 Å². The number of para-hydroxylation sites is 1. The van der Waals surface area contributed by atoms with Crippen LogP contribution in [0.1, 0.15) is 16.8 Å². The smallest absolute Gasteiger partial charge is 0.179 e. The van der Waals surface area contributed by atoms with Gasteiger partial charge in [-0.3, -0.25) is 0 Å². The molecule has 2 heterocycles. The molecule has 0 N–H and O–H groups in total. The molecule has 0 amide bonds. The average molecular weight is 325 g/mol. The van der Waals surface area contributed by atoms with Crippen LogP contribution in [0.4, 0.5) is 0 Å². The quantitative estimate of drug-likeness (QED) is 0.503. The summed E-state index contributed by atoms with van der Waals surface area (Å²) < 4.78 is 0. The van der Waals surface area contributed by atoms with E-state index in [4.69, 9.17) is 9.97 Å². The minimum absolute atomic E-state index is 0.663. The standard InChI is InChI=1S/C22H19N3/c1-14-11-12-17(13-15(14)2)21-18-8-4-5-9-19(18)24-22(25-21)20-10-6-7-16(3)23-20/h4-13H,1-3H3. The molecule has 0 spiro atoms. The van der Waals surface area contributed by atoms with Crippen LogP contribution in [0.25, 0.3) is 33.7 Å². The van der Waals surface area contributed by atoms with Gasteiger partial charge in [-0.05, 0) is 56.2 Å². The average Bonchev–Trinajstić information content (AvgIpc) is 2.63. The van der Waals surface area contributed by atoms with Crippen LogP contribution in [0.5, 0.6) is 0 Å². The first kappa shape index (κ1) is 15.5. The first-order valence-corrected chi connectivity index (χ1v) is 8.40. The van der Waals surface area contributed by atoms with Crippen LogP contribution < -0.4 is 0 Å². The third kappa shape index (κ3) is 2.89. The molecule has 0 aliphatic heterocycles. The van der Waals surface area contributed by atoms with Crippen molar-refractivity contribution in [2.45, 2.75) is 20.8 Å². The Morgan fingerprint density at radius 3 is 2.32 bits per heavy atom. The predicted octanol–water partition coefficient (Wildman–Crippen LogP) is 5.28. The second kappa shape index (κ2) is 6.10. The van der Waals surface area contributed by atoms with Gasteiger partial charge >= 0.3 is 0 Å². The molecular weight excluding hydrogens is 306 g/mol. The van der Waals surface area contributed by atoms with E-state index < -0.39 is 0 Å². The number of hydrogen-bond acceptors (Lipinski definition) is 3. The fourth-order valence-electron chi connectivity index (χ4n) is 2.97. The number of fused-ring (bicyclic) bond motifs is 1. The minimum atomic E-state index is 0.663. The Morgan fingerprint density at radius 1 is 0.680 bits per heavy atom. The number of aromatic nitrogens is 3. The molecule has 4 rings (SSSR count). The molecule has 25 heavy (non-hydrogen) atoms. The molecule has 0 aliphatic carbocycles. The SMILES string of the molecule is Cc1cccc(-c2nc(-c3ccc(C)c(C)c3)c3ccccc3n2)n1. The van der Waals surface area contributed by atoms with E-state index in [1.807, 2.05) is 43.3 Å². The molecule has 0 bridgehead atoms. The molecular formula is C22H19N3. The summed E-state index contributed by atoms with van der Waals surface area (Å²) in [6.07, 6.45) is 0. The zero-order valence-corrected chi connectivity index (χ0v) is 14.6. The lowest BCUT2D eigenvalue weighted by Gasteiger charge is -2.10. The Balaban J connectivity index is 2.00. The van der Waals surface area contributed by atoms with E-state index in [2.05, 4.69) is 43.1 Å². The molecule has 3 nitrogen and oxygen atoms in total. The Bertz CT molecular complexity index is 1080. The second-order valence-corrected chi connectivity index (χ2v) is 6.38. The monoisotopic (exact) mass is 325 g/mol. The van der Waals surface area contributed by atoms with Gasteiger partial charge < -0.3 is 0 Å². The summed E-state index contributed by atoms with van der Waals surface area (Å²) in [5, 5.41) is 1.06. The van der Waals surface area contributed by atoms with E-state index in [0.29, 0.717) is 5.82 Å². The van der Waals surface area contributed by atoms with Gasteiger partial charge in [0.25, 0.3) is 0 Å². The molecule has 0 fully saturated rings. The van der Waals surface area contributed by atoms with Crippen LogP contribution >= 0.6 is 0 Å². The van der Waals surface area contributed by atoms with Gasteiger partial charge in [0, 0.05) is 16.6 Å². The summed E-state index contributed by atoms with van der Waals surface area (Å²) >= 11 is 0. The molecule has 0 aliphatic rings. The van der Waals surface area contributed by atoms with Gasteiger partial charge in [-0.1, -0.05) is 36.4 Å². The van der Waals surface area contributed by atoms with Crippen molar-refractivity contribution in [1.29, 1.82) is 0 Å². The number of nitrogens with zero attached hydrogens (tertiary/aromatic N) is 3. The summed E-state index contributed by atoms with van der Waals surface area (Å²) in [6, 6.07) is 20.5. The lowest BCUT2D eigenvalue weighted by Crippen LogP contribution is -1.97. The lowest BCUT2D eigenvalue weighted by molar-refractivity contribution is 1.14. The third-order valence-electron chi connectivity index (χ3n) is 4.50. The molecule has 3 heteroatoms. The molecule has 0 saturated carbocycles. The van der Waals surface area contributed by atoms with Crippen molar-refractivity contribution in [2.75, 3.05) is 0 Å². The number of hydrogen-bond donors (Lipinski definition) is 0. The summed E-state index contributed by atoms with van der Waals surface area (Å²) in [4.78, 5) is 14.2. The fraction of sp³-hybridized carbons (Fsp3) is 0.136. The van der Waals surface area contributed by atoms with Gasteiger partial charge in [0.2, 0.25) is 0 Å². The van der Waals surface area contributed by atoms with Crippen molar-refractivity contribution >= 4 is 10.9 Å². The van der Waals surface area contributed by atoms with Crippen molar-refractivity contribution < 1.29 is 0 Å². The van der Waals surface area contributed by atoms with E-state index in [9.17, 15) is 0 Å². The van der Waals surface area contributed by atoms with Gasteiger partial charge in [0.15, 0.2) is 5.82 Å². The lowest BCUT2D eigenvalue weighted by atomic mass is 10.0. The molecule has 0 atom stereocenters. The number of pyridine rings is 1. The van der Waals surface area contributed by atoms with E-state index in [-0.39, 0.29) is 0 Å². The summed E-state index contributed by atoms with van der Waals surface area (Å²) in [5.74, 6) is 0.663. The van der Waals surface area contributed by atoms with E-state index in [1.165, 1.54) is 11.1 Å². The van der Waals surface area contributed by atoms with E-state index in [1.54, 1.807) is 0 Å². The second-order valence-electron chi connectivity index (χ2n) is 6.38. The molecule has 4 aromatic rings. The maximum Gasteiger partial charge on any atom is 0.179 e. The predicted molar refractivity (Wildman–Crippen MR) is 102 cm³/mol. The largest absolute Gasteiger partial charge is 0.250 e. The zero-order chi connectivity index (χ0) is 17.4. The van der Waals surface area contributed by atoms with Gasteiger partial charge in [-0.2, -0.15) is 0 Å². The highest BCUT2D eigenvalue weighted by Gasteiger charge is 2.12. The first-order chi connectivity index (χ1) is 12.1. The zero-order valence-electron chi connectivity index (χ0n) is 14.6. The van der Waals surface area contributed by atoms with Crippen molar-refractivity contribution in [2.24, 2.45) is 0 Å². The Labute approximate surface area is 147 Å². The maximum absolute atomic E-state index is 4.88. The molecule has 0 unspecified atom stereocenters. The molecule has 2 aromatic heterocycles. The number of benzene rings is 2. The number of aryl methyl sites for hydroxylation is 3. The van der Waals surface area contributed by atoms with Gasteiger partial charge in [0.1, 0.15) is 5.69 Å². The van der Waals surface area contributed by atoms with Crippen LogP contribution in [0, 0.1) is 20.8 Å². The normalized spacial score (nSPS) is 11.0. The van der Waals surface area contributed by atoms with E-state index >= 15 is 0 Å². The Hall–Kier alpha value is -3.07. The van der Waals surface area contributed by atoms with E-state index in [0.717, 1.165) is 33.5 Å². The van der Waals surface area contributed by atoms with Gasteiger partial charge in [-0.15, -0.1) is 0 Å². The molecule has 2 aromatic carbocycles. The topological polar surface area (TPSA) is 38.7 Å². The van der Waals surface area contributed by atoms with Crippen LogP contribution in [0.3, 0.4) is 0 Å². The number of rotatable bonds is 2.